The van der Waals surface area contributed by atoms with Crippen molar-refractivity contribution in [2.45, 2.75) is 25.7 Å². The van der Waals surface area contributed by atoms with Crippen LogP contribution in [0.25, 0.3) is 0 Å². The third kappa shape index (κ3) is 3.51. The van der Waals surface area contributed by atoms with Crippen LogP contribution in [0.15, 0.2) is 22.7 Å². The average Bonchev–Trinajstić information content (AvgIpc) is 3.11. The van der Waals surface area contributed by atoms with Crippen LogP contribution < -0.4 is 9.80 Å². The Morgan fingerprint density at radius 1 is 1.35 bits per heavy atom. The fourth-order valence-electron chi connectivity index (χ4n) is 3.10. The number of ketones is 1. The Morgan fingerprint density at radius 3 is 2.58 bits per heavy atom. The van der Waals surface area contributed by atoms with Crippen LogP contribution in [0.5, 0.6) is 0 Å². The zero-order chi connectivity index (χ0) is 18.8. The van der Waals surface area contributed by atoms with E-state index in [0.29, 0.717) is 36.2 Å². The lowest BCUT2D eigenvalue weighted by molar-refractivity contribution is -0.384. The predicted octanol–water partition coefficient (Wildman–Crippen LogP) is 2.63. The number of piperidine rings is 1. The topological polar surface area (TPSA) is 106 Å². The molecule has 1 aromatic carbocycles. The first-order chi connectivity index (χ1) is 12.4. The van der Waals surface area contributed by atoms with Crippen LogP contribution in [0.2, 0.25) is 0 Å². The van der Waals surface area contributed by atoms with Gasteiger partial charge in [0.15, 0.2) is 5.78 Å². The van der Waals surface area contributed by atoms with E-state index in [1.54, 1.807) is 17.0 Å². The summed E-state index contributed by atoms with van der Waals surface area (Å²) in [7, 11) is 3.70. The first-order valence-corrected chi connectivity index (χ1v) is 8.42. The van der Waals surface area contributed by atoms with Gasteiger partial charge in [-0.05, 0) is 37.1 Å². The van der Waals surface area contributed by atoms with Crippen LogP contribution in [0.4, 0.5) is 17.3 Å². The van der Waals surface area contributed by atoms with Gasteiger partial charge in [-0.15, -0.1) is 0 Å². The van der Waals surface area contributed by atoms with Crippen molar-refractivity contribution in [3.05, 3.63) is 39.8 Å². The summed E-state index contributed by atoms with van der Waals surface area (Å²) < 4.78 is 5.34. The number of Topliss-reactive ketones (excluding diaryl/α,β-unsaturated/α-hetero) is 1. The molecule has 0 aliphatic carbocycles. The van der Waals surface area contributed by atoms with Crippen LogP contribution in [-0.2, 0) is 0 Å². The van der Waals surface area contributed by atoms with Crippen molar-refractivity contribution in [3.63, 3.8) is 0 Å². The molecule has 1 fully saturated rings. The van der Waals surface area contributed by atoms with E-state index in [2.05, 4.69) is 10.1 Å². The van der Waals surface area contributed by atoms with Crippen molar-refractivity contribution in [1.29, 1.82) is 0 Å². The molecular formula is C17H21N5O4. The summed E-state index contributed by atoms with van der Waals surface area (Å²) in [4.78, 5) is 30.6. The van der Waals surface area contributed by atoms with Crippen LogP contribution in [-0.4, -0.2) is 48.0 Å². The monoisotopic (exact) mass is 359 g/mol. The molecule has 0 radical (unpaired) electrons. The Labute approximate surface area is 150 Å². The fraction of sp³-hybridized carbons (Fsp3) is 0.471. The second kappa shape index (κ2) is 7.11. The van der Waals surface area contributed by atoms with Gasteiger partial charge in [0.05, 0.1) is 4.92 Å². The zero-order valence-electron chi connectivity index (χ0n) is 15.0. The Morgan fingerprint density at radius 2 is 2.04 bits per heavy atom. The minimum Gasteiger partial charge on any atom is -0.366 e. The van der Waals surface area contributed by atoms with Crippen molar-refractivity contribution >= 4 is 23.1 Å². The molecular weight excluding hydrogens is 338 g/mol. The molecule has 2 heterocycles. The highest BCUT2D eigenvalue weighted by atomic mass is 16.6. The molecule has 0 atom stereocenters. The summed E-state index contributed by atoms with van der Waals surface area (Å²) in [5.74, 6) is 1.10. The Hall–Kier alpha value is -2.97. The highest BCUT2D eigenvalue weighted by Crippen LogP contribution is 2.35. The smallest absolute Gasteiger partial charge is 0.293 e. The lowest BCUT2D eigenvalue weighted by Crippen LogP contribution is -2.33. The molecule has 1 aliphatic heterocycles. The van der Waals surface area contributed by atoms with E-state index >= 15 is 0 Å². The van der Waals surface area contributed by atoms with Gasteiger partial charge in [-0.25, -0.2) is 0 Å². The van der Waals surface area contributed by atoms with Crippen LogP contribution >= 0.6 is 0 Å². The normalized spacial score (nSPS) is 15.1. The molecule has 138 valence electrons. The molecule has 1 saturated heterocycles. The summed E-state index contributed by atoms with van der Waals surface area (Å²) >= 11 is 0. The minimum atomic E-state index is -0.435. The third-order valence-electron chi connectivity index (χ3n) is 4.59. The van der Waals surface area contributed by atoms with Crippen LogP contribution in [0.1, 0.15) is 41.9 Å². The van der Waals surface area contributed by atoms with E-state index < -0.39 is 4.92 Å². The highest BCUT2D eigenvalue weighted by Gasteiger charge is 2.29. The number of benzene rings is 1. The van der Waals surface area contributed by atoms with Crippen LogP contribution in [0.3, 0.4) is 0 Å². The summed E-state index contributed by atoms with van der Waals surface area (Å²) in [6.07, 6.45) is 1.53. The number of rotatable bonds is 5. The van der Waals surface area contributed by atoms with Gasteiger partial charge in [-0.2, -0.15) is 4.98 Å². The number of nitrogens with zero attached hydrogens (tertiary/aromatic N) is 5. The van der Waals surface area contributed by atoms with Gasteiger partial charge in [0.2, 0.25) is 5.89 Å². The van der Waals surface area contributed by atoms with Gasteiger partial charge in [-0.3, -0.25) is 14.9 Å². The van der Waals surface area contributed by atoms with Crippen molar-refractivity contribution in [2.75, 3.05) is 37.0 Å². The third-order valence-corrected chi connectivity index (χ3v) is 4.59. The number of nitro benzene ring substituents is 1. The molecule has 0 bridgehead atoms. The second-order valence-corrected chi connectivity index (χ2v) is 6.61. The molecule has 0 N–H and O–H groups in total. The van der Waals surface area contributed by atoms with Crippen molar-refractivity contribution in [3.8, 4) is 0 Å². The van der Waals surface area contributed by atoms with E-state index in [9.17, 15) is 14.9 Å². The maximum atomic E-state index is 11.5. The van der Waals surface area contributed by atoms with E-state index in [4.69, 9.17) is 4.52 Å². The number of carbonyl (C=O) groups is 1. The molecule has 26 heavy (non-hydrogen) atoms. The van der Waals surface area contributed by atoms with Gasteiger partial charge >= 0.3 is 0 Å². The molecule has 2 aromatic rings. The summed E-state index contributed by atoms with van der Waals surface area (Å²) in [5.41, 5.74) is 0.846. The largest absolute Gasteiger partial charge is 0.366 e. The molecule has 0 unspecified atom stereocenters. The number of nitro groups is 1. The molecule has 0 saturated carbocycles. The van der Waals surface area contributed by atoms with E-state index in [-0.39, 0.29) is 17.4 Å². The van der Waals surface area contributed by atoms with Gasteiger partial charge in [-0.1, -0.05) is 0 Å². The second-order valence-electron chi connectivity index (χ2n) is 6.61. The Balaban J connectivity index is 1.75. The van der Waals surface area contributed by atoms with E-state index in [0.717, 1.165) is 12.8 Å². The molecule has 9 heteroatoms. The Bertz CT molecular complexity index is 824. The molecule has 1 aliphatic rings. The summed E-state index contributed by atoms with van der Waals surface area (Å²) in [5, 5.41) is 15.4. The predicted molar refractivity (Wildman–Crippen MR) is 95.9 cm³/mol. The molecule has 9 nitrogen and oxygen atoms in total. The molecule has 0 amide bonds. The number of hydrogen-bond acceptors (Lipinski definition) is 8. The van der Waals surface area contributed by atoms with Crippen molar-refractivity contribution in [1.82, 2.24) is 10.1 Å². The maximum absolute atomic E-state index is 11.5. The summed E-state index contributed by atoms with van der Waals surface area (Å²) in [6, 6.07) is 4.65. The molecule has 0 spiro atoms. The number of aromatic nitrogens is 2. The van der Waals surface area contributed by atoms with Crippen molar-refractivity contribution < 1.29 is 14.2 Å². The van der Waals surface area contributed by atoms with Gasteiger partial charge < -0.3 is 14.3 Å². The quantitative estimate of drug-likeness (QED) is 0.456. The van der Waals surface area contributed by atoms with Gasteiger partial charge in [0, 0.05) is 44.7 Å². The highest BCUT2D eigenvalue weighted by molar-refractivity contribution is 5.95. The lowest BCUT2D eigenvalue weighted by Gasteiger charge is -2.31. The van der Waals surface area contributed by atoms with Gasteiger partial charge in [0.1, 0.15) is 5.69 Å². The van der Waals surface area contributed by atoms with Crippen LogP contribution in [0, 0.1) is 10.1 Å². The zero-order valence-corrected chi connectivity index (χ0v) is 15.0. The number of carbonyl (C=O) groups excluding carboxylic acids is 1. The standard InChI is InChI=1S/C17H21N5O4/c1-11(23)13-4-5-14(15(10-13)22(24)25)21-8-6-12(7-9-21)16-18-17(19-26-16)20(2)3/h4-5,10,12H,6-9H2,1-3H3. The summed E-state index contributed by atoms with van der Waals surface area (Å²) in [6.45, 7) is 2.69. The SMILES string of the molecule is CC(=O)c1ccc(N2CCC(c3nc(N(C)C)no3)CC2)c([N+](=O)[O-])c1. The number of hydrogen-bond donors (Lipinski definition) is 0. The minimum absolute atomic E-state index is 0.0381. The maximum Gasteiger partial charge on any atom is 0.293 e. The van der Waals surface area contributed by atoms with Crippen molar-refractivity contribution in [2.24, 2.45) is 0 Å². The fourth-order valence-corrected chi connectivity index (χ4v) is 3.10. The average molecular weight is 359 g/mol. The Kier molecular flexibility index (Phi) is 4.88. The first-order valence-electron chi connectivity index (χ1n) is 8.42. The molecule has 1 aromatic heterocycles. The molecule has 3 rings (SSSR count). The van der Waals surface area contributed by atoms with Gasteiger partial charge in [0.25, 0.3) is 11.6 Å². The van der Waals surface area contributed by atoms with E-state index in [1.807, 2.05) is 19.0 Å². The lowest BCUT2D eigenvalue weighted by atomic mass is 9.96. The van der Waals surface area contributed by atoms with E-state index in [1.165, 1.54) is 13.0 Å². The number of anilines is 2. The first kappa shape index (κ1) is 17.8.